The number of pyridine rings is 1. The van der Waals surface area contributed by atoms with E-state index in [2.05, 4.69) is 20.3 Å². The number of imidazole rings is 1. The van der Waals surface area contributed by atoms with Crippen molar-refractivity contribution in [3.8, 4) is 0 Å². The number of hydrogen-bond acceptors (Lipinski definition) is 4. The second-order valence-electron chi connectivity index (χ2n) is 4.08. The van der Waals surface area contributed by atoms with Crippen molar-refractivity contribution in [2.45, 2.75) is 31.5 Å². The highest BCUT2D eigenvalue weighted by molar-refractivity contribution is 7.99. The molecule has 1 atom stereocenters. The van der Waals surface area contributed by atoms with E-state index in [-0.39, 0.29) is 11.9 Å². The van der Waals surface area contributed by atoms with Crippen molar-refractivity contribution < 1.29 is 4.79 Å². The van der Waals surface area contributed by atoms with Crippen LogP contribution in [0, 0.1) is 0 Å². The summed E-state index contributed by atoms with van der Waals surface area (Å²) in [5, 5.41) is 3.64. The normalized spacial score (nSPS) is 12.6. The van der Waals surface area contributed by atoms with Gasteiger partial charge in [0, 0.05) is 12.2 Å². The summed E-state index contributed by atoms with van der Waals surface area (Å²) in [6, 6.07) is 3.99. The van der Waals surface area contributed by atoms with Gasteiger partial charge in [0.05, 0.1) is 11.3 Å². The van der Waals surface area contributed by atoms with Crippen LogP contribution < -0.4 is 5.32 Å². The van der Waals surface area contributed by atoms with Crippen molar-refractivity contribution in [1.29, 1.82) is 0 Å². The van der Waals surface area contributed by atoms with Gasteiger partial charge in [-0.3, -0.25) is 4.79 Å². The Kier molecular flexibility index (Phi) is 4.19. The minimum absolute atomic E-state index is 0.0303. The molecule has 0 aliphatic heterocycles. The first-order chi connectivity index (χ1) is 8.69. The molecule has 18 heavy (non-hydrogen) atoms. The summed E-state index contributed by atoms with van der Waals surface area (Å²) in [5.41, 5.74) is 1.57. The third-order valence-electron chi connectivity index (χ3n) is 2.60. The number of nitrogens with zero attached hydrogens (tertiary/aromatic N) is 2. The smallest absolute Gasteiger partial charge is 0.230 e. The van der Waals surface area contributed by atoms with Crippen molar-refractivity contribution in [2.75, 3.05) is 5.75 Å². The van der Waals surface area contributed by atoms with Crippen LogP contribution in [-0.2, 0) is 4.79 Å². The van der Waals surface area contributed by atoms with Crippen molar-refractivity contribution >= 4 is 28.8 Å². The van der Waals surface area contributed by atoms with Gasteiger partial charge in [-0.2, -0.15) is 0 Å². The highest BCUT2D eigenvalue weighted by atomic mass is 32.2. The fraction of sp³-hybridized carbons (Fsp3) is 0.417. The third-order valence-corrected chi connectivity index (χ3v) is 3.47. The standard InChI is InChI=1S/C12H16N4OS/c1-3-8(2)14-10(17)7-18-12-15-9-5-4-6-13-11(9)16-12/h4-6,8H,3,7H2,1-2H3,(H,14,17)(H,13,15,16)/t8-/m0/s1. The number of fused-ring (bicyclic) bond motifs is 1. The molecule has 1 amide bonds. The maximum Gasteiger partial charge on any atom is 0.230 e. The molecule has 0 bridgehead atoms. The van der Waals surface area contributed by atoms with Gasteiger partial charge in [0.1, 0.15) is 0 Å². The van der Waals surface area contributed by atoms with Gasteiger partial charge in [0.2, 0.25) is 5.91 Å². The largest absolute Gasteiger partial charge is 0.353 e. The van der Waals surface area contributed by atoms with Crippen LogP contribution in [0.4, 0.5) is 0 Å². The molecule has 0 unspecified atom stereocenters. The zero-order chi connectivity index (χ0) is 13.0. The SMILES string of the molecule is CC[C@H](C)NC(=O)CSc1nc2ncccc2[nH]1. The van der Waals surface area contributed by atoms with Crippen LogP contribution in [0.3, 0.4) is 0 Å². The molecule has 2 aromatic rings. The summed E-state index contributed by atoms with van der Waals surface area (Å²) in [4.78, 5) is 23.2. The first-order valence-electron chi connectivity index (χ1n) is 5.92. The second-order valence-corrected chi connectivity index (χ2v) is 5.05. The molecule has 2 N–H and O–H groups in total. The zero-order valence-corrected chi connectivity index (χ0v) is 11.3. The van der Waals surface area contributed by atoms with E-state index in [0.717, 1.165) is 17.1 Å². The minimum Gasteiger partial charge on any atom is -0.353 e. The fourth-order valence-corrected chi connectivity index (χ4v) is 2.13. The van der Waals surface area contributed by atoms with Crippen LogP contribution in [0.1, 0.15) is 20.3 Å². The number of hydrogen-bond donors (Lipinski definition) is 2. The Morgan fingerprint density at radius 3 is 3.17 bits per heavy atom. The number of rotatable bonds is 5. The maximum absolute atomic E-state index is 11.6. The lowest BCUT2D eigenvalue weighted by Crippen LogP contribution is -2.33. The third kappa shape index (κ3) is 3.22. The van der Waals surface area contributed by atoms with Crippen molar-refractivity contribution in [2.24, 2.45) is 0 Å². The molecule has 2 aromatic heterocycles. The Bertz CT molecular complexity index is 507. The van der Waals surface area contributed by atoms with Gasteiger partial charge in [-0.05, 0) is 25.5 Å². The van der Waals surface area contributed by atoms with Gasteiger partial charge in [-0.25, -0.2) is 9.97 Å². The fourth-order valence-electron chi connectivity index (χ4n) is 1.44. The molecule has 0 aliphatic rings. The predicted octanol–water partition coefficient (Wildman–Crippen LogP) is 1.96. The zero-order valence-electron chi connectivity index (χ0n) is 10.4. The van der Waals surface area contributed by atoms with Crippen LogP contribution >= 0.6 is 11.8 Å². The minimum atomic E-state index is 0.0303. The second kappa shape index (κ2) is 5.86. The summed E-state index contributed by atoms with van der Waals surface area (Å²) in [6.45, 7) is 4.04. The number of aromatic amines is 1. The Balaban J connectivity index is 1.92. The Morgan fingerprint density at radius 2 is 2.44 bits per heavy atom. The number of nitrogens with one attached hydrogen (secondary N) is 2. The number of aromatic nitrogens is 3. The molecule has 0 aliphatic carbocycles. The first kappa shape index (κ1) is 12.9. The summed E-state index contributed by atoms with van der Waals surface area (Å²) in [5.74, 6) is 0.396. The van der Waals surface area contributed by atoms with Crippen LogP contribution in [0.25, 0.3) is 11.2 Å². The Labute approximate surface area is 110 Å². The molecule has 2 rings (SSSR count). The van der Waals surface area contributed by atoms with Gasteiger partial charge in [0.25, 0.3) is 0 Å². The van der Waals surface area contributed by atoms with Gasteiger partial charge in [-0.1, -0.05) is 18.7 Å². The molecular weight excluding hydrogens is 248 g/mol. The maximum atomic E-state index is 11.6. The number of carbonyl (C=O) groups is 1. The highest BCUT2D eigenvalue weighted by Crippen LogP contribution is 2.17. The van der Waals surface area contributed by atoms with Crippen molar-refractivity contribution in [3.63, 3.8) is 0 Å². The number of amides is 1. The van der Waals surface area contributed by atoms with E-state index in [1.54, 1.807) is 6.20 Å². The van der Waals surface area contributed by atoms with Crippen LogP contribution in [0.15, 0.2) is 23.5 Å². The van der Waals surface area contributed by atoms with E-state index in [1.165, 1.54) is 11.8 Å². The average molecular weight is 264 g/mol. The molecule has 0 aromatic carbocycles. The van der Waals surface area contributed by atoms with E-state index in [0.29, 0.717) is 11.4 Å². The van der Waals surface area contributed by atoms with E-state index in [9.17, 15) is 4.79 Å². The van der Waals surface area contributed by atoms with Crippen LogP contribution in [-0.4, -0.2) is 32.7 Å². The quantitative estimate of drug-likeness (QED) is 0.810. The number of H-pyrrole nitrogens is 1. The van der Waals surface area contributed by atoms with Gasteiger partial charge in [0.15, 0.2) is 10.8 Å². The lowest BCUT2D eigenvalue weighted by Gasteiger charge is -2.10. The Morgan fingerprint density at radius 1 is 1.61 bits per heavy atom. The predicted molar refractivity (Wildman–Crippen MR) is 72.5 cm³/mol. The molecule has 0 spiro atoms. The molecule has 0 saturated carbocycles. The van der Waals surface area contributed by atoms with Crippen LogP contribution in [0.5, 0.6) is 0 Å². The summed E-state index contributed by atoms with van der Waals surface area (Å²) in [6.07, 6.45) is 2.64. The molecular formula is C12H16N4OS. The molecule has 0 saturated heterocycles. The summed E-state index contributed by atoms with van der Waals surface area (Å²) >= 11 is 1.39. The summed E-state index contributed by atoms with van der Waals surface area (Å²) < 4.78 is 0. The number of carbonyl (C=O) groups excluding carboxylic acids is 1. The van der Waals surface area contributed by atoms with Crippen molar-refractivity contribution in [3.05, 3.63) is 18.3 Å². The van der Waals surface area contributed by atoms with E-state index >= 15 is 0 Å². The highest BCUT2D eigenvalue weighted by Gasteiger charge is 2.08. The molecule has 6 heteroatoms. The van der Waals surface area contributed by atoms with Gasteiger partial charge < -0.3 is 10.3 Å². The Hall–Kier alpha value is -1.56. The van der Waals surface area contributed by atoms with E-state index < -0.39 is 0 Å². The van der Waals surface area contributed by atoms with Crippen LogP contribution in [0.2, 0.25) is 0 Å². The van der Waals surface area contributed by atoms with Gasteiger partial charge in [-0.15, -0.1) is 0 Å². The first-order valence-corrected chi connectivity index (χ1v) is 6.90. The van der Waals surface area contributed by atoms with Gasteiger partial charge >= 0.3 is 0 Å². The molecule has 0 radical (unpaired) electrons. The monoisotopic (exact) mass is 264 g/mol. The topological polar surface area (TPSA) is 70.7 Å². The summed E-state index contributed by atoms with van der Waals surface area (Å²) in [7, 11) is 0. The molecule has 5 nitrogen and oxygen atoms in total. The average Bonchev–Trinajstić information content (AvgIpc) is 2.79. The lowest BCUT2D eigenvalue weighted by molar-refractivity contribution is -0.119. The number of thioether (sulfide) groups is 1. The van der Waals surface area contributed by atoms with E-state index in [4.69, 9.17) is 0 Å². The lowest BCUT2D eigenvalue weighted by atomic mass is 10.3. The van der Waals surface area contributed by atoms with Crippen molar-refractivity contribution in [1.82, 2.24) is 20.3 Å². The molecule has 96 valence electrons. The molecule has 0 fully saturated rings. The molecule has 2 heterocycles. The van der Waals surface area contributed by atoms with E-state index in [1.807, 2.05) is 26.0 Å².